The number of ether oxygens (including phenoxy) is 1. The Bertz CT molecular complexity index is 909. The highest BCUT2D eigenvalue weighted by Gasteiger charge is 2.46. The maximum Gasteiger partial charge on any atom is 0.144 e. The van der Waals surface area contributed by atoms with Gasteiger partial charge in [0.2, 0.25) is 0 Å². The number of rotatable bonds is 6. The summed E-state index contributed by atoms with van der Waals surface area (Å²) in [6.45, 7) is 0.618. The second-order valence-corrected chi connectivity index (χ2v) is 8.71. The van der Waals surface area contributed by atoms with Crippen LogP contribution in [-0.2, 0) is 11.0 Å². The number of aliphatic hydroxyl groups is 1. The Kier molecular flexibility index (Phi) is 6.04. The van der Waals surface area contributed by atoms with E-state index in [0.29, 0.717) is 28.0 Å². The molecule has 2 aromatic rings. The van der Waals surface area contributed by atoms with Crippen molar-refractivity contribution in [1.29, 1.82) is 5.26 Å². The van der Waals surface area contributed by atoms with E-state index in [-0.39, 0.29) is 24.5 Å². The van der Waals surface area contributed by atoms with Gasteiger partial charge in [-0.25, -0.2) is 12.9 Å². The number of nitriles is 1. The first-order valence-electron chi connectivity index (χ1n) is 7.92. The third kappa shape index (κ3) is 4.42. The molecular weight excluding hydrogens is 414 g/mol. The number of hydrogen-bond donors (Lipinski definition) is 1. The van der Waals surface area contributed by atoms with E-state index in [0.717, 1.165) is 6.07 Å². The Balaban J connectivity index is 1.63. The van der Waals surface area contributed by atoms with E-state index >= 15 is 0 Å². The van der Waals surface area contributed by atoms with Crippen LogP contribution in [0.2, 0.25) is 10.0 Å². The monoisotopic (exact) mass is 428 g/mol. The number of aliphatic hydroxyl groups excluding tert-OH is 1. The summed E-state index contributed by atoms with van der Waals surface area (Å²) in [5.41, 5.74) is -0.674. The van der Waals surface area contributed by atoms with E-state index in [9.17, 15) is 13.7 Å². The molecule has 27 heavy (non-hydrogen) atoms. The van der Waals surface area contributed by atoms with Crippen LogP contribution in [0.1, 0.15) is 5.56 Å². The van der Waals surface area contributed by atoms with E-state index in [1.54, 1.807) is 28.6 Å². The van der Waals surface area contributed by atoms with Crippen molar-refractivity contribution in [2.24, 2.45) is 5.41 Å². The van der Waals surface area contributed by atoms with Crippen molar-refractivity contribution >= 4 is 34.2 Å². The largest absolute Gasteiger partial charge is 0.493 e. The smallest absolute Gasteiger partial charge is 0.144 e. The van der Waals surface area contributed by atoms with Gasteiger partial charge in [0, 0.05) is 29.2 Å². The summed E-state index contributed by atoms with van der Waals surface area (Å²) in [5, 5.41) is 19.3. The molecule has 3 rings (SSSR count). The lowest BCUT2D eigenvalue weighted by Gasteiger charge is -2.47. The van der Waals surface area contributed by atoms with Gasteiger partial charge in [0.15, 0.2) is 0 Å². The minimum atomic E-state index is -1.46. The van der Waals surface area contributed by atoms with Crippen LogP contribution in [0.3, 0.4) is 0 Å². The van der Waals surface area contributed by atoms with Gasteiger partial charge >= 0.3 is 0 Å². The molecule has 1 unspecified atom stereocenters. The van der Waals surface area contributed by atoms with Crippen molar-refractivity contribution in [1.82, 2.24) is 4.31 Å². The van der Waals surface area contributed by atoms with Gasteiger partial charge in [0.05, 0.1) is 29.1 Å². The second kappa shape index (κ2) is 8.13. The minimum Gasteiger partial charge on any atom is -0.493 e. The molecule has 0 aliphatic carbocycles. The summed E-state index contributed by atoms with van der Waals surface area (Å²) in [5.74, 6) is -0.400. The summed E-state index contributed by atoms with van der Waals surface area (Å²) in [6.07, 6.45) is 0. The van der Waals surface area contributed by atoms with Crippen LogP contribution in [0.15, 0.2) is 41.3 Å². The van der Waals surface area contributed by atoms with Gasteiger partial charge in [0.25, 0.3) is 0 Å². The number of nitrogens with zero attached hydrogens (tertiary/aromatic N) is 2. The zero-order valence-electron chi connectivity index (χ0n) is 14.0. The Labute approximate surface area is 168 Å². The fourth-order valence-corrected chi connectivity index (χ4v) is 4.94. The summed E-state index contributed by atoms with van der Waals surface area (Å²) in [6, 6.07) is 10.4. The first kappa shape index (κ1) is 20.1. The number of halogens is 3. The molecular formula is C18H15Cl2FN2O3S. The molecule has 0 spiro atoms. The lowest BCUT2D eigenvalue weighted by atomic mass is 9.83. The molecule has 1 fully saturated rings. The summed E-state index contributed by atoms with van der Waals surface area (Å²) < 4.78 is 33.5. The van der Waals surface area contributed by atoms with E-state index in [2.05, 4.69) is 0 Å². The Hall–Kier alpha value is -1.69. The summed E-state index contributed by atoms with van der Waals surface area (Å²) in [4.78, 5) is 0.481. The van der Waals surface area contributed by atoms with Crippen molar-refractivity contribution in [2.45, 2.75) is 4.90 Å². The van der Waals surface area contributed by atoms with Crippen molar-refractivity contribution in [3.05, 3.63) is 57.8 Å². The third-order valence-corrected chi connectivity index (χ3v) is 6.04. The maximum atomic E-state index is 13.6. The van der Waals surface area contributed by atoms with Crippen LogP contribution in [0.4, 0.5) is 4.39 Å². The molecule has 2 aromatic carbocycles. The van der Waals surface area contributed by atoms with E-state index in [1.807, 2.05) is 0 Å². The zero-order valence-corrected chi connectivity index (χ0v) is 16.3. The van der Waals surface area contributed by atoms with Crippen LogP contribution >= 0.6 is 23.2 Å². The van der Waals surface area contributed by atoms with Gasteiger partial charge in [-0.05, 0) is 30.3 Å². The molecule has 9 heteroatoms. The van der Waals surface area contributed by atoms with Crippen LogP contribution in [-0.4, -0.2) is 39.9 Å². The molecule has 0 bridgehead atoms. The first-order chi connectivity index (χ1) is 12.9. The lowest BCUT2D eigenvalue weighted by molar-refractivity contribution is -0.0250. The molecule has 1 heterocycles. The average Bonchev–Trinajstić information content (AvgIpc) is 2.60. The zero-order chi connectivity index (χ0) is 19.6. The van der Waals surface area contributed by atoms with Crippen molar-refractivity contribution in [3.8, 4) is 11.8 Å². The van der Waals surface area contributed by atoms with E-state index in [1.165, 1.54) is 12.1 Å². The predicted molar refractivity (Wildman–Crippen MR) is 101 cm³/mol. The van der Waals surface area contributed by atoms with Crippen molar-refractivity contribution < 1.29 is 18.4 Å². The van der Waals surface area contributed by atoms with Crippen LogP contribution in [0.5, 0.6) is 5.75 Å². The van der Waals surface area contributed by atoms with Crippen LogP contribution < -0.4 is 4.74 Å². The van der Waals surface area contributed by atoms with Crippen LogP contribution in [0.25, 0.3) is 0 Å². The highest BCUT2D eigenvalue weighted by atomic mass is 35.5. The van der Waals surface area contributed by atoms with Gasteiger partial charge in [-0.1, -0.05) is 23.2 Å². The highest BCUT2D eigenvalue weighted by Crippen LogP contribution is 2.35. The molecule has 0 aromatic heterocycles. The van der Waals surface area contributed by atoms with Crippen LogP contribution in [0, 0.1) is 22.6 Å². The van der Waals surface area contributed by atoms with E-state index < -0.39 is 22.2 Å². The molecule has 1 aliphatic heterocycles. The van der Waals surface area contributed by atoms with Crippen molar-refractivity contribution in [2.75, 3.05) is 26.3 Å². The molecule has 142 valence electrons. The molecule has 1 saturated heterocycles. The lowest BCUT2D eigenvalue weighted by Crippen LogP contribution is -2.61. The molecule has 1 atom stereocenters. The topological polar surface area (TPSA) is 73.6 Å². The number of hydrogen-bond acceptors (Lipinski definition) is 4. The number of benzene rings is 2. The fraction of sp³-hybridized carbons (Fsp3) is 0.278. The van der Waals surface area contributed by atoms with Gasteiger partial charge in [-0.3, -0.25) is 0 Å². The molecule has 5 nitrogen and oxygen atoms in total. The van der Waals surface area contributed by atoms with Gasteiger partial charge in [0.1, 0.15) is 28.6 Å². The summed E-state index contributed by atoms with van der Waals surface area (Å²) in [7, 11) is -1.46. The maximum absolute atomic E-state index is 13.6. The second-order valence-electron chi connectivity index (χ2n) is 6.35. The standard InChI is InChI=1S/C18H15Cl2FN2O3S/c19-13-3-14(20)5-16(4-13)27(25)23-8-18(9-23,10-24)11-26-15-2-1-12(7-22)17(21)6-15/h1-6,24H,8-11H2. The van der Waals surface area contributed by atoms with Gasteiger partial charge in [-0.15, -0.1) is 0 Å². The highest BCUT2D eigenvalue weighted by molar-refractivity contribution is 7.82. The summed E-state index contributed by atoms with van der Waals surface area (Å²) >= 11 is 11.9. The Morgan fingerprint density at radius 2 is 1.93 bits per heavy atom. The Morgan fingerprint density at radius 3 is 2.48 bits per heavy atom. The normalized spacial score (nSPS) is 17.0. The minimum absolute atomic E-state index is 0.0652. The molecule has 1 aliphatic rings. The molecule has 1 N–H and O–H groups in total. The van der Waals surface area contributed by atoms with Gasteiger partial charge < -0.3 is 9.84 Å². The van der Waals surface area contributed by atoms with Gasteiger partial charge in [-0.2, -0.15) is 5.26 Å². The van der Waals surface area contributed by atoms with E-state index in [4.69, 9.17) is 33.2 Å². The predicted octanol–water partition coefficient (Wildman–Crippen LogP) is 3.40. The quantitative estimate of drug-likeness (QED) is 0.764. The average molecular weight is 429 g/mol. The SMILES string of the molecule is N#Cc1ccc(OCC2(CO)CN(S(=O)c3cc(Cl)cc(Cl)c3)C2)cc1F. The fourth-order valence-electron chi connectivity index (χ4n) is 2.75. The molecule has 0 radical (unpaired) electrons. The molecule has 0 saturated carbocycles. The van der Waals surface area contributed by atoms with Crippen molar-refractivity contribution in [3.63, 3.8) is 0 Å². The first-order valence-corrected chi connectivity index (χ1v) is 9.78. The Morgan fingerprint density at radius 1 is 1.26 bits per heavy atom. The third-order valence-electron chi connectivity index (χ3n) is 4.24. The molecule has 0 amide bonds.